The lowest BCUT2D eigenvalue weighted by molar-refractivity contribution is -0.124. The van der Waals surface area contributed by atoms with Crippen molar-refractivity contribution in [2.75, 3.05) is 11.4 Å². The second kappa shape index (κ2) is 9.12. The predicted octanol–water partition coefficient (Wildman–Crippen LogP) is 6.93. The topological polar surface area (TPSA) is 48.8 Å². The number of hydrogen-bond donors (Lipinski definition) is 0. The SMILES string of the molecule is CCN1/C(=C2/SC(=Nc3ccc4ncccc4c3)N(C3CCCCC3)C2=O)Sc2ccccc21. The molecule has 0 bridgehead atoms. The summed E-state index contributed by atoms with van der Waals surface area (Å²) in [5.41, 5.74) is 2.99. The van der Waals surface area contributed by atoms with Gasteiger partial charge in [-0.2, -0.15) is 0 Å². The number of aliphatic imine (C=N–C) groups is 1. The number of amides is 1. The molecule has 0 radical (unpaired) electrons. The molecule has 2 aromatic carbocycles. The number of thioether (sulfide) groups is 2. The summed E-state index contributed by atoms with van der Waals surface area (Å²) in [6.45, 7) is 2.97. The Morgan fingerprint density at radius 1 is 1.03 bits per heavy atom. The molecule has 7 heteroatoms. The van der Waals surface area contributed by atoms with Crippen LogP contribution in [-0.2, 0) is 4.79 Å². The summed E-state index contributed by atoms with van der Waals surface area (Å²) < 4.78 is 0. The Labute approximate surface area is 208 Å². The minimum atomic E-state index is 0.104. The lowest BCUT2D eigenvalue weighted by Crippen LogP contribution is -2.40. The summed E-state index contributed by atoms with van der Waals surface area (Å²) in [6.07, 6.45) is 7.47. The molecular formula is C27H26N4OS2. The Bertz CT molecular complexity index is 1330. The first-order valence-corrected chi connectivity index (χ1v) is 13.6. The van der Waals surface area contributed by atoms with E-state index in [1.165, 1.54) is 41.6 Å². The van der Waals surface area contributed by atoms with Crippen molar-refractivity contribution in [3.05, 3.63) is 70.7 Å². The van der Waals surface area contributed by atoms with E-state index in [9.17, 15) is 4.79 Å². The van der Waals surface area contributed by atoms with E-state index in [0.717, 1.165) is 51.1 Å². The number of aromatic nitrogens is 1. The van der Waals surface area contributed by atoms with Gasteiger partial charge in [-0.25, -0.2) is 4.99 Å². The van der Waals surface area contributed by atoms with Gasteiger partial charge in [0.15, 0.2) is 5.17 Å². The van der Waals surface area contributed by atoms with Gasteiger partial charge < -0.3 is 4.90 Å². The average Bonchev–Trinajstić information content (AvgIpc) is 3.41. The maximum Gasteiger partial charge on any atom is 0.269 e. The van der Waals surface area contributed by atoms with E-state index >= 15 is 0 Å². The Morgan fingerprint density at radius 2 is 1.88 bits per heavy atom. The van der Waals surface area contributed by atoms with Crippen LogP contribution in [0.2, 0.25) is 0 Å². The van der Waals surface area contributed by atoms with Crippen molar-refractivity contribution < 1.29 is 4.79 Å². The molecule has 3 heterocycles. The van der Waals surface area contributed by atoms with Crippen molar-refractivity contribution in [2.24, 2.45) is 4.99 Å². The molecule has 6 rings (SSSR count). The minimum Gasteiger partial charge on any atom is -0.334 e. The van der Waals surface area contributed by atoms with Gasteiger partial charge in [-0.15, -0.1) is 0 Å². The molecule has 1 amide bonds. The molecule has 1 aromatic heterocycles. The van der Waals surface area contributed by atoms with Gasteiger partial charge in [-0.3, -0.25) is 14.7 Å². The third-order valence-electron chi connectivity index (χ3n) is 6.68. The van der Waals surface area contributed by atoms with Crippen molar-refractivity contribution in [3.8, 4) is 0 Å². The number of anilines is 1. The van der Waals surface area contributed by atoms with Crippen LogP contribution in [0, 0.1) is 0 Å². The van der Waals surface area contributed by atoms with Crippen LogP contribution in [0.3, 0.4) is 0 Å². The maximum atomic E-state index is 13.9. The van der Waals surface area contributed by atoms with E-state index in [1.807, 2.05) is 23.1 Å². The van der Waals surface area contributed by atoms with Gasteiger partial charge in [-0.05, 0) is 67.9 Å². The van der Waals surface area contributed by atoms with E-state index in [4.69, 9.17) is 4.99 Å². The molecule has 3 aromatic rings. The van der Waals surface area contributed by atoms with Gasteiger partial charge in [0, 0.05) is 29.1 Å². The second-order valence-corrected chi connectivity index (χ2v) is 10.8. The smallest absolute Gasteiger partial charge is 0.269 e. The van der Waals surface area contributed by atoms with Crippen LogP contribution < -0.4 is 4.90 Å². The van der Waals surface area contributed by atoms with Crippen LogP contribution >= 0.6 is 23.5 Å². The minimum absolute atomic E-state index is 0.104. The highest BCUT2D eigenvalue weighted by Crippen LogP contribution is 2.51. The molecule has 5 nitrogen and oxygen atoms in total. The number of carbonyl (C=O) groups excluding carboxylic acids is 1. The summed E-state index contributed by atoms with van der Waals surface area (Å²) in [5.74, 6) is 0.104. The van der Waals surface area contributed by atoms with Crippen LogP contribution in [0.1, 0.15) is 39.0 Å². The second-order valence-electron chi connectivity index (χ2n) is 8.79. The number of pyridine rings is 1. The summed E-state index contributed by atoms with van der Waals surface area (Å²) in [5, 5.41) is 2.89. The third kappa shape index (κ3) is 3.81. The zero-order chi connectivity index (χ0) is 23.1. The van der Waals surface area contributed by atoms with Crippen molar-refractivity contribution in [3.63, 3.8) is 0 Å². The number of rotatable bonds is 3. The zero-order valence-electron chi connectivity index (χ0n) is 19.1. The highest BCUT2D eigenvalue weighted by Gasteiger charge is 2.42. The molecule has 2 aliphatic heterocycles. The van der Waals surface area contributed by atoms with E-state index in [2.05, 4.69) is 53.2 Å². The number of nitrogens with zero attached hydrogens (tertiary/aromatic N) is 4. The average molecular weight is 487 g/mol. The van der Waals surface area contributed by atoms with Gasteiger partial charge in [0.05, 0.1) is 16.9 Å². The third-order valence-corrected chi connectivity index (χ3v) is 9.04. The van der Waals surface area contributed by atoms with Gasteiger partial charge >= 0.3 is 0 Å². The van der Waals surface area contributed by atoms with Gasteiger partial charge in [-0.1, -0.05) is 49.2 Å². The lowest BCUT2D eigenvalue weighted by atomic mass is 9.94. The molecule has 34 heavy (non-hydrogen) atoms. The molecule has 172 valence electrons. The van der Waals surface area contributed by atoms with E-state index in [-0.39, 0.29) is 11.9 Å². The van der Waals surface area contributed by atoms with E-state index < -0.39 is 0 Å². The number of benzene rings is 2. The van der Waals surface area contributed by atoms with Crippen LogP contribution in [0.4, 0.5) is 11.4 Å². The quantitative estimate of drug-likeness (QED) is 0.376. The molecular weight excluding hydrogens is 460 g/mol. The van der Waals surface area contributed by atoms with Gasteiger partial charge in [0.1, 0.15) is 9.93 Å². The highest BCUT2D eigenvalue weighted by molar-refractivity contribution is 8.19. The molecule has 0 atom stereocenters. The molecule has 3 aliphatic rings. The standard InChI is InChI=1S/C27H26N4OS2/c1-2-30-22-12-6-7-13-23(22)33-26(30)24-25(32)31(20-10-4-3-5-11-20)27(34-24)29-19-14-15-21-18(17-19)9-8-16-28-21/h6-9,12-17,20H,2-5,10-11H2,1H3/b26-24-,29-27?. The first kappa shape index (κ1) is 21.7. The van der Waals surface area contributed by atoms with Crippen LogP contribution in [0.5, 0.6) is 0 Å². The van der Waals surface area contributed by atoms with Gasteiger partial charge in [0.25, 0.3) is 5.91 Å². The van der Waals surface area contributed by atoms with Crippen molar-refractivity contribution in [1.29, 1.82) is 0 Å². The monoisotopic (exact) mass is 486 g/mol. The Balaban J connectivity index is 1.43. The number of amidine groups is 1. The Morgan fingerprint density at radius 3 is 2.74 bits per heavy atom. The summed E-state index contributed by atoms with van der Waals surface area (Å²) in [6, 6.07) is 18.7. The molecule has 0 unspecified atom stereocenters. The normalized spacial score (nSPS) is 22.3. The Hall–Kier alpha value is -2.77. The Kier molecular flexibility index (Phi) is 5.83. The predicted molar refractivity (Wildman–Crippen MR) is 142 cm³/mol. The largest absolute Gasteiger partial charge is 0.334 e. The number of carbonyl (C=O) groups is 1. The lowest BCUT2D eigenvalue weighted by Gasteiger charge is -2.30. The number of hydrogen-bond acceptors (Lipinski definition) is 6. The molecule has 0 N–H and O–H groups in total. The van der Waals surface area contributed by atoms with Crippen molar-refractivity contribution >= 4 is 56.9 Å². The molecule has 2 fully saturated rings. The first-order valence-electron chi connectivity index (χ1n) is 12.0. The summed E-state index contributed by atoms with van der Waals surface area (Å²) in [4.78, 5) is 29.7. The zero-order valence-corrected chi connectivity index (χ0v) is 20.7. The van der Waals surface area contributed by atoms with Crippen LogP contribution in [-0.4, -0.2) is 33.5 Å². The van der Waals surface area contributed by atoms with Gasteiger partial charge in [0.2, 0.25) is 0 Å². The fourth-order valence-electron chi connectivity index (χ4n) is 5.01. The molecule has 1 saturated heterocycles. The first-order chi connectivity index (χ1) is 16.7. The maximum absolute atomic E-state index is 13.9. The fraction of sp³-hybridized carbons (Fsp3) is 0.296. The number of para-hydroxylation sites is 1. The van der Waals surface area contributed by atoms with E-state index in [0.29, 0.717) is 0 Å². The highest BCUT2D eigenvalue weighted by atomic mass is 32.2. The van der Waals surface area contributed by atoms with Crippen LogP contribution in [0.25, 0.3) is 10.9 Å². The molecule has 0 spiro atoms. The van der Waals surface area contributed by atoms with Crippen molar-refractivity contribution in [1.82, 2.24) is 9.88 Å². The number of fused-ring (bicyclic) bond motifs is 2. The van der Waals surface area contributed by atoms with Crippen LogP contribution in [0.15, 0.2) is 80.6 Å². The summed E-state index contributed by atoms with van der Waals surface area (Å²) >= 11 is 3.24. The summed E-state index contributed by atoms with van der Waals surface area (Å²) in [7, 11) is 0. The molecule has 1 aliphatic carbocycles. The van der Waals surface area contributed by atoms with Crippen molar-refractivity contribution in [2.45, 2.75) is 50.0 Å². The van der Waals surface area contributed by atoms with E-state index in [1.54, 1.807) is 18.0 Å². The molecule has 1 saturated carbocycles. The fourth-order valence-corrected chi connectivity index (χ4v) is 7.47.